The molecule has 6 heteroatoms. The Bertz CT molecular complexity index is 942. The molecule has 1 aliphatic rings. The molecule has 0 amide bonds. The van der Waals surface area contributed by atoms with Crippen LogP contribution in [-0.2, 0) is 22.9 Å². The summed E-state index contributed by atoms with van der Waals surface area (Å²) >= 11 is 0. The van der Waals surface area contributed by atoms with Gasteiger partial charge in [-0.05, 0) is 72.5 Å². The van der Waals surface area contributed by atoms with E-state index in [4.69, 9.17) is 5.14 Å². The van der Waals surface area contributed by atoms with Gasteiger partial charge in [-0.3, -0.25) is 4.39 Å². The molecule has 0 radical (unpaired) electrons. The molecule has 0 unspecified atom stereocenters. The number of fused-ring (bicyclic) bond motifs is 1. The van der Waals surface area contributed by atoms with Crippen molar-refractivity contribution in [2.75, 3.05) is 13.2 Å². The molecule has 1 atom stereocenters. The van der Waals surface area contributed by atoms with Gasteiger partial charge in [-0.1, -0.05) is 38.1 Å². The maximum absolute atomic E-state index is 12.3. The van der Waals surface area contributed by atoms with Crippen molar-refractivity contribution in [3.05, 3.63) is 53.1 Å². The number of primary sulfonamides is 1. The first-order valence-corrected chi connectivity index (χ1v) is 11.4. The average Bonchev–Trinajstić information content (AvgIpc) is 2.66. The largest absolute Gasteiger partial charge is 0.314 e. The first-order chi connectivity index (χ1) is 13.3. The van der Waals surface area contributed by atoms with E-state index in [1.165, 1.54) is 11.1 Å². The molecule has 0 saturated carbocycles. The molecule has 0 heterocycles. The molecular formula is C22H29FN2O2S. The number of hydrogen-bond acceptors (Lipinski definition) is 3. The zero-order chi connectivity index (χ0) is 20.3. The summed E-state index contributed by atoms with van der Waals surface area (Å²) in [6.45, 7) is 4.58. The number of sulfonamides is 1. The highest BCUT2D eigenvalue weighted by Gasteiger charge is 2.21. The van der Waals surface area contributed by atoms with Crippen LogP contribution in [-0.4, -0.2) is 27.7 Å². The zero-order valence-electron chi connectivity index (χ0n) is 16.5. The first-order valence-electron chi connectivity index (χ1n) is 9.88. The Kier molecular flexibility index (Phi) is 6.53. The van der Waals surface area contributed by atoms with E-state index in [-0.39, 0.29) is 11.6 Å². The number of halogens is 1. The Balaban J connectivity index is 1.93. The third-order valence-corrected chi connectivity index (χ3v) is 6.44. The molecule has 152 valence electrons. The van der Waals surface area contributed by atoms with Crippen molar-refractivity contribution in [2.24, 2.45) is 5.14 Å². The molecule has 2 aromatic rings. The lowest BCUT2D eigenvalue weighted by molar-refractivity contribution is 0.415. The number of aryl methyl sites for hydroxylation is 1. The van der Waals surface area contributed by atoms with Gasteiger partial charge in [0.25, 0.3) is 0 Å². The van der Waals surface area contributed by atoms with Crippen LogP contribution in [0.3, 0.4) is 0 Å². The summed E-state index contributed by atoms with van der Waals surface area (Å²) in [5.74, 6) is 0.294. The van der Waals surface area contributed by atoms with Crippen molar-refractivity contribution in [1.29, 1.82) is 0 Å². The Hall–Kier alpha value is -1.76. The summed E-state index contributed by atoms with van der Waals surface area (Å²) in [6.07, 6.45) is 3.38. The van der Waals surface area contributed by atoms with E-state index >= 15 is 0 Å². The maximum atomic E-state index is 12.3. The standard InChI is InChI=1S/C22H29FN2O2S/c1-15(2)16-7-9-22(28(24,26)27)21(14-16)19-5-4-18-13-20(25-11-3-10-23)8-6-17(18)12-19/h4-5,7,9,12,14-15,20,25H,3,6,8,10-11,13H2,1-2H3,(H2,24,26,27)/t20-/m0/s1. The molecule has 0 saturated heterocycles. The predicted molar refractivity (Wildman–Crippen MR) is 112 cm³/mol. The molecule has 28 heavy (non-hydrogen) atoms. The fourth-order valence-electron chi connectivity index (χ4n) is 3.85. The second-order valence-corrected chi connectivity index (χ2v) is 9.41. The van der Waals surface area contributed by atoms with Crippen molar-refractivity contribution >= 4 is 10.0 Å². The van der Waals surface area contributed by atoms with Crippen LogP contribution in [0, 0.1) is 0 Å². The topological polar surface area (TPSA) is 72.2 Å². The van der Waals surface area contributed by atoms with Gasteiger partial charge in [0.2, 0.25) is 10.0 Å². The van der Waals surface area contributed by atoms with Gasteiger partial charge in [-0.2, -0.15) is 0 Å². The maximum Gasteiger partial charge on any atom is 0.238 e. The monoisotopic (exact) mass is 404 g/mol. The van der Waals surface area contributed by atoms with Crippen molar-refractivity contribution in [1.82, 2.24) is 5.32 Å². The minimum atomic E-state index is -3.81. The first kappa shape index (κ1) is 21.0. The van der Waals surface area contributed by atoms with Crippen molar-refractivity contribution in [2.45, 2.75) is 56.4 Å². The molecule has 4 nitrogen and oxygen atoms in total. The Morgan fingerprint density at radius 2 is 1.96 bits per heavy atom. The predicted octanol–water partition coefficient (Wildman–Crippen LogP) is 3.93. The average molecular weight is 405 g/mol. The molecule has 3 N–H and O–H groups in total. The van der Waals surface area contributed by atoms with Crippen LogP contribution >= 0.6 is 0 Å². The highest BCUT2D eigenvalue weighted by Crippen LogP contribution is 2.33. The van der Waals surface area contributed by atoms with Gasteiger partial charge < -0.3 is 5.32 Å². The summed E-state index contributed by atoms with van der Waals surface area (Å²) < 4.78 is 36.5. The van der Waals surface area contributed by atoms with E-state index in [1.807, 2.05) is 18.2 Å². The second-order valence-electron chi connectivity index (χ2n) is 7.88. The summed E-state index contributed by atoms with van der Waals surface area (Å²) in [7, 11) is -3.81. The lowest BCUT2D eigenvalue weighted by atomic mass is 9.86. The molecule has 0 fully saturated rings. The van der Waals surface area contributed by atoms with Crippen LogP contribution < -0.4 is 10.5 Å². The number of benzene rings is 2. The number of alkyl halides is 1. The fraction of sp³-hybridized carbons (Fsp3) is 0.455. The number of nitrogens with one attached hydrogen (secondary N) is 1. The van der Waals surface area contributed by atoms with E-state index in [1.54, 1.807) is 6.07 Å². The van der Waals surface area contributed by atoms with E-state index in [2.05, 4.69) is 31.3 Å². The van der Waals surface area contributed by atoms with Crippen LogP contribution in [0.2, 0.25) is 0 Å². The summed E-state index contributed by atoms with van der Waals surface area (Å²) in [5.41, 5.74) is 5.15. The van der Waals surface area contributed by atoms with Crippen LogP contribution in [0.15, 0.2) is 41.3 Å². The summed E-state index contributed by atoms with van der Waals surface area (Å²) in [5, 5.41) is 8.90. The minimum absolute atomic E-state index is 0.165. The quantitative estimate of drug-likeness (QED) is 0.687. The molecule has 1 aliphatic carbocycles. The highest BCUT2D eigenvalue weighted by molar-refractivity contribution is 7.89. The van der Waals surface area contributed by atoms with Crippen molar-refractivity contribution in [3.8, 4) is 11.1 Å². The smallest absolute Gasteiger partial charge is 0.238 e. The SMILES string of the molecule is CC(C)c1ccc(S(N)(=O)=O)c(-c2ccc3c(c2)CC[C@H](NCCCF)C3)c1. The number of nitrogens with two attached hydrogens (primary N) is 1. The fourth-order valence-corrected chi connectivity index (χ4v) is 4.59. The highest BCUT2D eigenvalue weighted by atomic mass is 32.2. The summed E-state index contributed by atoms with van der Waals surface area (Å²) in [4.78, 5) is 0.165. The third-order valence-electron chi connectivity index (χ3n) is 5.47. The minimum Gasteiger partial charge on any atom is -0.314 e. The van der Waals surface area contributed by atoms with E-state index < -0.39 is 10.0 Å². The van der Waals surface area contributed by atoms with Crippen LogP contribution in [0.5, 0.6) is 0 Å². The second kappa shape index (κ2) is 8.72. The molecule has 0 bridgehead atoms. The third kappa shape index (κ3) is 4.80. The Morgan fingerprint density at radius 3 is 2.64 bits per heavy atom. The Morgan fingerprint density at radius 1 is 1.18 bits per heavy atom. The van der Waals surface area contributed by atoms with Crippen LogP contribution in [0.1, 0.15) is 49.3 Å². The normalized spacial score (nSPS) is 17.0. The number of rotatable bonds is 7. The van der Waals surface area contributed by atoms with E-state index in [9.17, 15) is 12.8 Å². The lowest BCUT2D eigenvalue weighted by Gasteiger charge is -2.26. The van der Waals surface area contributed by atoms with Gasteiger partial charge in [0, 0.05) is 11.6 Å². The van der Waals surface area contributed by atoms with Crippen LogP contribution in [0.25, 0.3) is 11.1 Å². The van der Waals surface area contributed by atoms with Gasteiger partial charge in [0.05, 0.1) is 11.6 Å². The molecule has 0 aliphatic heterocycles. The van der Waals surface area contributed by atoms with Crippen molar-refractivity contribution in [3.63, 3.8) is 0 Å². The Labute approximate surface area is 167 Å². The van der Waals surface area contributed by atoms with Crippen LogP contribution in [0.4, 0.5) is 4.39 Å². The van der Waals surface area contributed by atoms with Gasteiger partial charge >= 0.3 is 0 Å². The van der Waals surface area contributed by atoms with Gasteiger partial charge in [-0.15, -0.1) is 0 Å². The van der Waals surface area contributed by atoms with Gasteiger partial charge in [0.1, 0.15) is 0 Å². The van der Waals surface area contributed by atoms with Gasteiger partial charge in [0.15, 0.2) is 0 Å². The van der Waals surface area contributed by atoms with E-state index in [0.717, 1.165) is 30.4 Å². The van der Waals surface area contributed by atoms with E-state index in [0.29, 0.717) is 30.5 Å². The van der Waals surface area contributed by atoms with Gasteiger partial charge in [-0.25, -0.2) is 13.6 Å². The molecule has 3 rings (SSSR count). The molecule has 0 aromatic heterocycles. The zero-order valence-corrected chi connectivity index (χ0v) is 17.4. The molecule has 0 spiro atoms. The molecule has 2 aromatic carbocycles. The summed E-state index contributed by atoms with van der Waals surface area (Å²) in [6, 6.07) is 11.9. The lowest BCUT2D eigenvalue weighted by Crippen LogP contribution is -2.35. The molecular weight excluding hydrogens is 375 g/mol. The van der Waals surface area contributed by atoms with Crippen molar-refractivity contribution < 1.29 is 12.8 Å². The number of hydrogen-bond donors (Lipinski definition) is 2.